The fourth-order valence-electron chi connectivity index (χ4n) is 4.35. The average molecular weight is 454 g/mol. The molecule has 2 aliphatic rings. The van der Waals surface area contributed by atoms with Gasteiger partial charge in [0.15, 0.2) is 11.5 Å². The number of likely N-dealkylation sites (tertiary alicyclic amines) is 1. The van der Waals surface area contributed by atoms with Crippen LogP contribution in [0.1, 0.15) is 34.3 Å². The van der Waals surface area contributed by atoms with E-state index in [1.165, 1.54) is 5.56 Å². The summed E-state index contributed by atoms with van der Waals surface area (Å²) in [6.07, 6.45) is 3.52. The van der Waals surface area contributed by atoms with E-state index in [2.05, 4.69) is 39.8 Å². The van der Waals surface area contributed by atoms with Crippen molar-refractivity contribution in [2.24, 2.45) is 0 Å². The number of rotatable bonds is 5. The summed E-state index contributed by atoms with van der Waals surface area (Å²) in [6, 6.07) is 25.2. The number of carbonyl (C=O) groups excluding carboxylic acids is 2. The fraction of sp³-hybridized carbons (Fsp3) is 0.214. The molecule has 2 heterocycles. The summed E-state index contributed by atoms with van der Waals surface area (Å²) in [4.78, 5) is 27.8. The van der Waals surface area contributed by atoms with Gasteiger partial charge >= 0.3 is 0 Å². The van der Waals surface area contributed by atoms with E-state index in [4.69, 9.17) is 4.74 Å². The Morgan fingerprint density at radius 1 is 1.00 bits per heavy atom. The molecule has 0 saturated carbocycles. The van der Waals surface area contributed by atoms with Gasteiger partial charge in [-0.3, -0.25) is 14.5 Å². The van der Waals surface area contributed by atoms with Crippen LogP contribution >= 0.6 is 0 Å². The van der Waals surface area contributed by atoms with Gasteiger partial charge in [0.25, 0.3) is 11.8 Å². The Balaban J connectivity index is 1.18. The van der Waals surface area contributed by atoms with Crippen molar-refractivity contribution >= 4 is 23.6 Å². The van der Waals surface area contributed by atoms with E-state index in [-0.39, 0.29) is 23.6 Å². The second-order valence-corrected chi connectivity index (χ2v) is 8.70. The number of nitrogens with zero attached hydrogens (tertiary/aromatic N) is 1. The normalized spacial score (nSPS) is 17.5. The van der Waals surface area contributed by atoms with E-state index >= 15 is 0 Å². The van der Waals surface area contributed by atoms with Crippen molar-refractivity contribution < 1.29 is 14.3 Å². The van der Waals surface area contributed by atoms with Crippen LogP contribution in [0.25, 0.3) is 6.08 Å². The Morgan fingerprint density at radius 2 is 1.71 bits per heavy atom. The molecule has 6 heteroatoms. The summed E-state index contributed by atoms with van der Waals surface area (Å²) >= 11 is 0. The molecular formula is C28H27N3O3. The number of benzene rings is 3. The van der Waals surface area contributed by atoms with Gasteiger partial charge in [-0.05, 0) is 48.2 Å². The zero-order chi connectivity index (χ0) is 23.3. The van der Waals surface area contributed by atoms with Gasteiger partial charge in [0, 0.05) is 31.2 Å². The van der Waals surface area contributed by atoms with E-state index in [0.29, 0.717) is 17.0 Å². The Labute approximate surface area is 199 Å². The second kappa shape index (κ2) is 9.93. The minimum absolute atomic E-state index is 0.135. The Hall–Kier alpha value is -3.90. The quantitative estimate of drug-likeness (QED) is 0.560. The second-order valence-electron chi connectivity index (χ2n) is 8.70. The summed E-state index contributed by atoms with van der Waals surface area (Å²) in [6.45, 7) is 2.83. The molecule has 2 amide bonds. The number of ether oxygens (including phenoxy) is 1. The molecule has 172 valence electrons. The van der Waals surface area contributed by atoms with Crippen LogP contribution in [0.15, 0.2) is 84.6 Å². The molecule has 2 N–H and O–H groups in total. The van der Waals surface area contributed by atoms with Crippen molar-refractivity contribution in [1.29, 1.82) is 0 Å². The van der Waals surface area contributed by atoms with Gasteiger partial charge in [-0.2, -0.15) is 0 Å². The van der Waals surface area contributed by atoms with Crippen LogP contribution in [0.3, 0.4) is 0 Å². The largest absolute Gasteiger partial charge is 0.449 e. The van der Waals surface area contributed by atoms with Crippen LogP contribution in [-0.4, -0.2) is 35.8 Å². The number of hydrogen-bond donors (Lipinski definition) is 2. The molecule has 0 atom stereocenters. The van der Waals surface area contributed by atoms with E-state index in [9.17, 15) is 9.59 Å². The van der Waals surface area contributed by atoms with Gasteiger partial charge in [-0.1, -0.05) is 60.7 Å². The molecule has 3 aromatic carbocycles. The van der Waals surface area contributed by atoms with Crippen LogP contribution in [0, 0.1) is 0 Å². The first-order chi connectivity index (χ1) is 16.6. The number of piperidine rings is 1. The minimum Gasteiger partial charge on any atom is -0.449 e. The first-order valence-corrected chi connectivity index (χ1v) is 11.6. The SMILES string of the molecule is O=C1Nc2cc(C(=O)NC3CCN(Cc4ccccc4)CC3)ccc2O/C1=C/c1ccccc1. The summed E-state index contributed by atoms with van der Waals surface area (Å²) in [5.74, 6) is 0.273. The van der Waals surface area contributed by atoms with Crippen molar-refractivity contribution in [3.63, 3.8) is 0 Å². The fourth-order valence-corrected chi connectivity index (χ4v) is 4.35. The third-order valence-electron chi connectivity index (χ3n) is 6.20. The molecule has 1 saturated heterocycles. The lowest BCUT2D eigenvalue weighted by molar-refractivity contribution is -0.115. The topological polar surface area (TPSA) is 70.7 Å². The summed E-state index contributed by atoms with van der Waals surface area (Å²) < 4.78 is 5.81. The number of hydrogen-bond acceptors (Lipinski definition) is 4. The van der Waals surface area contributed by atoms with Crippen molar-refractivity contribution in [3.05, 3.63) is 101 Å². The van der Waals surface area contributed by atoms with Crippen LogP contribution in [0.4, 0.5) is 5.69 Å². The highest BCUT2D eigenvalue weighted by Crippen LogP contribution is 2.32. The molecule has 1 fully saturated rings. The number of nitrogens with one attached hydrogen (secondary N) is 2. The molecule has 0 spiro atoms. The number of anilines is 1. The Morgan fingerprint density at radius 3 is 2.44 bits per heavy atom. The van der Waals surface area contributed by atoms with Crippen LogP contribution in [0.2, 0.25) is 0 Å². The Bertz CT molecular complexity index is 1200. The summed E-state index contributed by atoms with van der Waals surface area (Å²) in [5, 5.41) is 5.99. The van der Waals surface area contributed by atoms with Crippen LogP contribution < -0.4 is 15.4 Å². The molecule has 0 aromatic heterocycles. The zero-order valence-electron chi connectivity index (χ0n) is 18.9. The highest BCUT2D eigenvalue weighted by Gasteiger charge is 2.25. The van der Waals surface area contributed by atoms with Gasteiger partial charge < -0.3 is 15.4 Å². The molecule has 2 aliphatic heterocycles. The molecule has 34 heavy (non-hydrogen) atoms. The van der Waals surface area contributed by atoms with Crippen molar-refractivity contribution in [1.82, 2.24) is 10.2 Å². The molecule has 5 rings (SSSR count). The van der Waals surface area contributed by atoms with E-state index in [0.717, 1.165) is 38.0 Å². The van der Waals surface area contributed by atoms with Crippen molar-refractivity contribution in [3.8, 4) is 5.75 Å². The lowest BCUT2D eigenvalue weighted by Crippen LogP contribution is -2.44. The highest BCUT2D eigenvalue weighted by atomic mass is 16.5. The molecule has 0 bridgehead atoms. The monoisotopic (exact) mass is 453 g/mol. The van der Waals surface area contributed by atoms with Crippen LogP contribution in [0.5, 0.6) is 5.75 Å². The highest BCUT2D eigenvalue weighted by molar-refractivity contribution is 6.09. The third kappa shape index (κ3) is 5.18. The third-order valence-corrected chi connectivity index (χ3v) is 6.20. The smallest absolute Gasteiger partial charge is 0.291 e. The van der Waals surface area contributed by atoms with Gasteiger partial charge in [-0.25, -0.2) is 0 Å². The first-order valence-electron chi connectivity index (χ1n) is 11.6. The van der Waals surface area contributed by atoms with Gasteiger partial charge in [0.1, 0.15) is 0 Å². The molecule has 0 radical (unpaired) electrons. The van der Waals surface area contributed by atoms with Crippen molar-refractivity contribution in [2.45, 2.75) is 25.4 Å². The lowest BCUT2D eigenvalue weighted by Gasteiger charge is -2.32. The van der Waals surface area contributed by atoms with Crippen molar-refractivity contribution in [2.75, 3.05) is 18.4 Å². The number of carbonyl (C=O) groups is 2. The summed E-state index contributed by atoms with van der Waals surface area (Å²) in [5.41, 5.74) is 3.19. The zero-order valence-corrected chi connectivity index (χ0v) is 18.9. The molecule has 0 aliphatic carbocycles. The molecular weight excluding hydrogens is 426 g/mol. The molecule has 3 aromatic rings. The lowest BCUT2D eigenvalue weighted by atomic mass is 10.0. The van der Waals surface area contributed by atoms with Crippen LogP contribution in [-0.2, 0) is 11.3 Å². The summed E-state index contributed by atoms with van der Waals surface area (Å²) in [7, 11) is 0. The van der Waals surface area contributed by atoms with Gasteiger partial charge in [-0.15, -0.1) is 0 Å². The first kappa shape index (κ1) is 21.9. The van der Waals surface area contributed by atoms with E-state index < -0.39 is 0 Å². The number of fused-ring (bicyclic) bond motifs is 1. The Kier molecular flexibility index (Phi) is 6.40. The predicted octanol–water partition coefficient (Wildman–Crippen LogP) is 4.45. The minimum atomic E-state index is -0.334. The maximum Gasteiger partial charge on any atom is 0.291 e. The van der Waals surface area contributed by atoms with E-state index in [1.807, 2.05) is 36.4 Å². The number of amides is 2. The van der Waals surface area contributed by atoms with Gasteiger partial charge in [0.2, 0.25) is 0 Å². The van der Waals surface area contributed by atoms with Gasteiger partial charge in [0.05, 0.1) is 5.69 Å². The average Bonchev–Trinajstić information content (AvgIpc) is 2.87. The maximum atomic E-state index is 12.9. The standard InChI is InChI=1S/C28H27N3O3/c32-27(29-23-13-15-31(16-14-23)19-21-9-5-2-6-10-21)22-11-12-25-24(18-22)30-28(33)26(34-25)17-20-7-3-1-4-8-20/h1-12,17-18,23H,13-16,19H2,(H,29,32)(H,30,33)/b26-17+. The predicted molar refractivity (Wildman–Crippen MR) is 132 cm³/mol. The molecule has 0 unspecified atom stereocenters. The van der Waals surface area contributed by atoms with E-state index in [1.54, 1.807) is 24.3 Å². The maximum absolute atomic E-state index is 12.9. The molecule has 6 nitrogen and oxygen atoms in total.